The van der Waals surface area contributed by atoms with Crippen LogP contribution < -0.4 is 0 Å². The van der Waals surface area contributed by atoms with Crippen molar-refractivity contribution in [3.05, 3.63) is 28.8 Å². The lowest BCUT2D eigenvalue weighted by Gasteiger charge is -1.99. The van der Waals surface area contributed by atoms with Crippen molar-refractivity contribution in [1.29, 1.82) is 0 Å². The summed E-state index contributed by atoms with van der Waals surface area (Å²) < 4.78 is 6.49. The van der Waals surface area contributed by atoms with Crippen LogP contribution in [-0.4, -0.2) is 22.9 Å². The standard InChI is InChI=1S/C11H12N2O2S/c1-7-6-9(11(14)15-3)16-10(7)8-4-5-12-13(8)2/h4-6H,1-3H3. The largest absolute Gasteiger partial charge is 0.465 e. The van der Waals surface area contributed by atoms with Crippen LogP contribution in [0.25, 0.3) is 10.6 Å². The summed E-state index contributed by atoms with van der Waals surface area (Å²) in [5.74, 6) is -0.290. The average Bonchev–Trinajstić information content (AvgIpc) is 2.83. The maximum Gasteiger partial charge on any atom is 0.348 e. The Kier molecular flexibility index (Phi) is 2.78. The Balaban J connectivity index is 2.47. The van der Waals surface area contributed by atoms with Gasteiger partial charge in [-0.15, -0.1) is 11.3 Å². The summed E-state index contributed by atoms with van der Waals surface area (Å²) in [5, 5.41) is 4.12. The second kappa shape index (κ2) is 4.09. The number of hydrogen-bond donors (Lipinski definition) is 0. The van der Waals surface area contributed by atoms with Gasteiger partial charge in [0.15, 0.2) is 0 Å². The quantitative estimate of drug-likeness (QED) is 0.751. The molecule has 0 amide bonds. The fourth-order valence-corrected chi connectivity index (χ4v) is 2.68. The lowest BCUT2D eigenvalue weighted by Crippen LogP contribution is -1.96. The van der Waals surface area contributed by atoms with Crippen LogP contribution in [0.15, 0.2) is 18.3 Å². The third kappa shape index (κ3) is 1.74. The number of carbonyl (C=O) groups is 1. The molecule has 16 heavy (non-hydrogen) atoms. The summed E-state index contributed by atoms with van der Waals surface area (Å²) in [5.41, 5.74) is 2.08. The summed E-state index contributed by atoms with van der Waals surface area (Å²) in [6.45, 7) is 1.98. The normalized spacial score (nSPS) is 10.4. The molecule has 0 radical (unpaired) electrons. The zero-order chi connectivity index (χ0) is 11.7. The highest BCUT2D eigenvalue weighted by molar-refractivity contribution is 7.17. The van der Waals surface area contributed by atoms with Gasteiger partial charge in [-0.05, 0) is 24.6 Å². The zero-order valence-electron chi connectivity index (χ0n) is 9.35. The number of carbonyl (C=O) groups excluding carboxylic acids is 1. The van der Waals surface area contributed by atoms with Gasteiger partial charge >= 0.3 is 5.97 Å². The molecule has 0 unspecified atom stereocenters. The van der Waals surface area contributed by atoms with Crippen LogP contribution in [0.4, 0.5) is 0 Å². The van der Waals surface area contributed by atoms with Crippen LogP contribution in [0.5, 0.6) is 0 Å². The van der Waals surface area contributed by atoms with E-state index < -0.39 is 0 Å². The van der Waals surface area contributed by atoms with Gasteiger partial charge in [-0.25, -0.2) is 4.79 Å². The van der Waals surface area contributed by atoms with Gasteiger partial charge in [-0.3, -0.25) is 4.68 Å². The molecule has 5 heteroatoms. The Morgan fingerprint density at radius 2 is 2.31 bits per heavy atom. The van der Waals surface area contributed by atoms with Crippen molar-refractivity contribution < 1.29 is 9.53 Å². The van der Waals surface area contributed by atoms with E-state index in [4.69, 9.17) is 4.74 Å². The van der Waals surface area contributed by atoms with Crippen LogP contribution in [0, 0.1) is 6.92 Å². The molecule has 0 aliphatic rings. The number of aromatic nitrogens is 2. The maximum absolute atomic E-state index is 11.4. The molecule has 2 aromatic rings. The Morgan fingerprint density at radius 1 is 1.56 bits per heavy atom. The van der Waals surface area contributed by atoms with Gasteiger partial charge in [0.25, 0.3) is 0 Å². The average molecular weight is 236 g/mol. The molecule has 84 valence electrons. The Bertz CT molecular complexity index is 528. The van der Waals surface area contributed by atoms with E-state index in [0.717, 1.165) is 16.1 Å². The first-order valence-corrected chi connectivity index (χ1v) is 5.62. The molecule has 0 bridgehead atoms. The highest BCUT2D eigenvalue weighted by Crippen LogP contribution is 2.32. The second-order valence-electron chi connectivity index (χ2n) is 3.45. The van der Waals surface area contributed by atoms with Gasteiger partial charge in [0.2, 0.25) is 0 Å². The van der Waals surface area contributed by atoms with E-state index in [1.807, 2.05) is 26.1 Å². The molecule has 0 fully saturated rings. The van der Waals surface area contributed by atoms with E-state index in [2.05, 4.69) is 5.10 Å². The molecule has 0 aliphatic carbocycles. The summed E-state index contributed by atoms with van der Waals surface area (Å²) in [6.07, 6.45) is 1.74. The molecule has 0 N–H and O–H groups in total. The summed E-state index contributed by atoms with van der Waals surface area (Å²) in [4.78, 5) is 13.1. The zero-order valence-corrected chi connectivity index (χ0v) is 10.2. The SMILES string of the molecule is COC(=O)c1cc(C)c(-c2ccnn2C)s1. The van der Waals surface area contributed by atoms with Gasteiger partial charge < -0.3 is 4.74 Å². The Labute approximate surface area is 97.5 Å². The van der Waals surface area contributed by atoms with Gasteiger partial charge in [-0.1, -0.05) is 0 Å². The van der Waals surface area contributed by atoms with Crippen molar-refractivity contribution in [1.82, 2.24) is 9.78 Å². The lowest BCUT2D eigenvalue weighted by molar-refractivity contribution is 0.0606. The number of nitrogens with zero attached hydrogens (tertiary/aromatic N) is 2. The third-order valence-electron chi connectivity index (χ3n) is 2.36. The molecule has 0 saturated carbocycles. The van der Waals surface area contributed by atoms with Crippen molar-refractivity contribution in [2.24, 2.45) is 7.05 Å². The molecule has 2 aromatic heterocycles. The van der Waals surface area contributed by atoms with Gasteiger partial charge in [0.1, 0.15) is 4.88 Å². The lowest BCUT2D eigenvalue weighted by atomic mass is 10.2. The monoisotopic (exact) mass is 236 g/mol. The molecule has 2 rings (SSSR count). The highest BCUT2D eigenvalue weighted by atomic mass is 32.1. The first-order valence-electron chi connectivity index (χ1n) is 4.80. The number of hydrogen-bond acceptors (Lipinski definition) is 4. The minimum absolute atomic E-state index is 0.290. The van der Waals surface area contributed by atoms with E-state index in [1.54, 1.807) is 10.9 Å². The first kappa shape index (κ1) is 10.9. The van der Waals surface area contributed by atoms with E-state index >= 15 is 0 Å². The van der Waals surface area contributed by atoms with Crippen molar-refractivity contribution in [3.63, 3.8) is 0 Å². The van der Waals surface area contributed by atoms with E-state index in [-0.39, 0.29) is 5.97 Å². The number of aryl methyl sites for hydroxylation is 2. The molecular formula is C11H12N2O2S. The maximum atomic E-state index is 11.4. The second-order valence-corrected chi connectivity index (χ2v) is 4.51. The minimum atomic E-state index is -0.290. The molecule has 0 aliphatic heterocycles. The molecule has 2 heterocycles. The van der Waals surface area contributed by atoms with E-state index in [0.29, 0.717) is 4.88 Å². The number of esters is 1. The summed E-state index contributed by atoms with van der Waals surface area (Å²) in [6, 6.07) is 3.78. The van der Waals surface area contributed by atoms with Crippen molar-refractivity contribution >= 4 is 17.3 Å². The summed E-state index contributed by atoms with van der Waals surface area (Å²) >= 11 is 1.43. The van der Waals surface area contributed by atoms with Crippen LogP contribution in [0.2, 0.25) is 0 Å². The number of rotatable bonds is 2. The van der Waals surface area contributed by atoms with E-state index in [1.165, 1.54) is 18.4 Å². The van der Waals surface area contributed by atoms with Crippen molar-refractivity contribution in [2.45, 2.75) is 6.92 Å². The Morgan fingerprint density at radius 3 is 2.88 bits per heavy atom. The fraction of sp³-hybridized carbons (Fsp3) is 0.273. The summed E-state index contributed by atoms with van der Waals surface area (Å²) in [7, 11) is 3.27. The number of ether oxygens (including phenoxy) is 1. The van der Waals surface area contributed by atoms with Gasteiger partial charge in [0.05, 0.1) is 17.7 Å². The minimum Gasteiger partial charge on any atom is -0.465 e. The third-order valence-corrected chi connectivity index (χ3v) is 3.60. The van der Waals surface area contributed by atoms with Crippen LogP contribution in [-0.2, 0) is 11.8 Å². The first-order chi connectivity index (χ1) is 7.63. The smallest absolute Gasteiger partial charge is 0.348 e. The predicted molar refractivity (Wildman–Crippen MR) is 62.6 cm³/mol. The van der Waals surface area contributed by atoms with Gasteiger partial charge in [0, 0.05) is 13.2 Å². The predicted octanol–water partition coefficient (Wildman–Crippen LogP) is 2.24. The number of thiophene rings is 1. The highest BCUT2D eigenvalue weighted by Gasteiger charge is 2.15. The van der Waals surface area contributed by atoms with E-state index in [9.17, 15) is 4.79 Å². The molecule has 4 nitrogen and oxygen atoms in total. The van der Waals surface area contributed by atoms with Crippen molar-refractivity contribution in [2.75, 3.05) is 7.11 Å². The fourth-order valence-electron chi connectivity index (χ4n) is 1.53. The topological polar surface area (TPSA) is 44.1 Å². The molecule has 0 aromatic carbocycles. The molecule has 0 saturated heterocycles. The van der Waals surface area contributed by atoms with Crippen molar-refractivity contribution in [3.8, 4) is 10.6 Å². The molecular weight excluding hydrogens is 224 g/mol. The van der Waals surface area contributed by atoms with Crippen LogP contribution >= 0.6 is 11.3 Å². The number of methoxy groups -OCH3 is 1. The van der Waals surface area contributed by atoms with Crippen LogP contribution in [0.1, 0.15) is 15.2 Å². The van der Waals surface area contributed by atoms with Gasteiger partial charge in [-0.2, -0.15) is 5.10 Å². The molecule has 0 spiro atoms. The molecule has 0 atom stereocenters. The Hall–Kier alpha value is -1.62. The van der Waals surface area contributed by atoms with Crippen LogP contribution in [0.3, 0.4) is 0 Å².